The summed E-state index contributed by atoms with van der Waals surface area (Å²) in [7, 11) is -4.00. The zero-order chi connectivity index (χ0) is 19.3. The second-order valence-electron chi connectivity index (χ2n) is 6.37. The number of carbonyl (C=O) groups excluding carboxylic acids is 1. The first-order valence-electron chi connectivity index (χ1n) is 8.65. The van der Waals surface area contributed by atoms with Gasteiger partial charge in [-0.1, -0.05) is 36.0 Å². The molecule has 1 saturated carbocycles. The molecule has 27 heavy (non-hydrogen) atoms. The third-order valence-corrected chi connectivity index (χ3v) is 5.77. The molecule has 146 valence electrons. The molecular weight excluding hydrogens is 394 g/mol. The summed E-state index contributed by atoms with van der Waals surface area (Å²) in [6.07, 6.45) is 4.97. The Kier molecular flexibility index (Phi) is 6.33. The highest BCUT2D eigenvalue weighted by Crippen LogP contribution is 2.19. The van der Waals surface area contributed by atoms with Gasteiger partial charge in [0.05, 0.1) is 0 Å². The van der Waals surface area contributed by atoms with Crippen LogP contribution in [0.15, 0.2) is 33.9 Å². The molecule has 0 aliphatic heterocycles. The largest absolute Gasteiger partial charge is 0.484 e. The Morgan fingerprint density at radius 2 is 1.89 bits per heavy atom. The summed E-state index contributed by atoms with van der Waals surface area (Å²) in [6.45, 7) is -0.0988. The van der Waals surface area contributed by atoms with Crippen LogP contribution >= 0.6 is 11.6 Å². The molecule has 8 nitrogen and oxygen atoms in total. The van der Waals surface area contributed by atoms with Crippen molar-refractivity contribution in [3.8, 4) is 5.75 Å². The average molecular weight is 414 g/mol. The van der Waals surface area contributed by atoms with E-state index in [-0.39, 0.29) is 18.5 Å². The normalized spacial score (nSPS) is 15.4. The summed E-state index contributed by atoms with van der Waals surface area (Å²) in [5.41, 5.74) is 0. The lowest BCUT2D eigenvalue weighted by molar-refractivity contribution is -0.119. The van der Waals surface area contributed by atoms with Gasteiger partial charge >= 0.3 is 5.22 Å². The minimum Gasteiger partial charge on any atom is -0.484 e. The van der Waals surface area contributed by atoms with E-state index in [1.54, 1.807) is 24.3 Å². The first-order valence-corrected chi connectivity index (χ1v) is 10.7. The van der Waals surface area contributed by atoms with Gasteiger partial charge in [-0.25, -0.2) is 8.42 Å². The summed E-state index contributed by atoms with van der Waals surface area (Å²) in [4.78, 5) is 12.0. The monoisotopic (exact) mass is 413 g/mol. The molecule has 1 fully saturated rings. The van der Waals surface area contributed by atoms with Gasteiger partial charge in [-0.05, 0) is 37.1 Å². The highest BCUT2D eigenvalue weighted by molar-refractivity contribution is 7.91. The van der Waals surface area contributed by atoms with Crippen molar-refractivity contribution in [1.29, 1.82) is 0 Å². The van der Waals surface area contributed by atoms with E-state index in [4.69, 9.17) is 20.8 Å². The van der Waals surface area contributed by atoms with Crippen LogP contribution in [0.4, 0.5) is 0 Å². The second kappa shape index (κ2) is 8.71. The fourth-order valence-corrected chi connectivity index (χ4v) is 3.92. The molecule has 1 N–H and O–H groups in total. The van der Waals surface area contributed by atoms with Crippen molar-refractivity contribution in [2.24, 2.45) is 0 Å². The Morgan fingerprint density at radius 3 is 2.59 bits per heavy atom. The van der Waals surface area contributed by atoms with E-state index in [9.17, 15) is 13.2 Å². The fraction of sp³-hybridized carbons (Fsp3) is 0.471. The van der Waals surface area contributed by atoms with E-state index in [0.717, 1.165) is 32.1 Å². The maximum Gasteiger partial charge on any atom is 0.336 e. The lowest BCUT2D eigenvalue weighted by Gasteiger charge is -2.22. The first kappa shape index (κ1) is 19.6. The molecule has 0 radical (unpaired) electrons. The van der Waals surface area contributed by atoms with Gasteiger partial charge in [0, 0.05) is 11.1 Å². The number of carbonyl (C=O) groups is 1. The fourth-order valence-electron chi connectivity index (χ4n) is 2.85. The van der Waals surface area contributed by atoms with Crippen molar-refractivity contribution in [3.05, 3.63) is 35.2 Å². The van der Waals surface area contributed by atoms with Crippen molar-refractivity contribution in [2.45, 2.75) is 50.0 Å². The van der Waals surface area contributed by atoms with Gasteiger partial charge in [-0.2, -0.15) is 0 Å². The van der Waals surface area contributed by atoms with E-state index < -0.39 is 26.7 Å². The predicted octanol–water partition coefficient (Wildman–Crippen LogP) is 2.52. The van der Waals surface area contributed by atoms with Crippen molar-refractivity contribution < 1.29 is 22.4 Å². The smallest absolute Gasteiger partial charge is 0.336 e. The van der Waals surface area contributed by atoms with Crippen molar-refractivity contribution in [1.82, 2.24) is 15.5 Å². The highest BCUT2D eigenvalue weighted by atomic mass is 35.5. The third-order valence-electron chi connectivity index (χ3n) is 4.18. The first-order chi connectivity index (χ1) is 12.9. The number of nitrogens with one attached hydrogen (secondary N) is 1. The summed E-state index contributed by atoms with van der Waals surface area (Å²) in [5, 5.41) is 9.93. The van der Waals surface area contributed by atoms with Crippen LogP contribution in [0.25, 0.3) is 0 Å². The maximum atomic E-state index is 12.3. The van der Waals surface area contributed by atoms with Crippen LogP contribution in [0, 0.1) is 0 Å². The lowest BCUT2D eigenvalue weighted by Crippen LogP contribution is -2.39. The standard InChI is InChI=1S/C17H20ClN3O5S/c18-12-6-8-14(9-7-12)25-10-16-20-21-17(26-16)27(23,24)11-15(22)19-13-4-2-1-3-5-13/h6-9,13H,1-5,10-11H2,(H,19,22). The Morgan fingerprint density at radius 1 is 1.19 bits per heavy atom. The predicted molar refractivity (Wildman–Crippen MR) is 97.2 cm³/mol. The molecule has 1 amide bonds. The molecule has 10 heteroatoms. The van der Waals surface area contributed by atoms with Gasteiger partial charge in [-0.3, -0.25) is 4.79 Å². The zero-order valence-corrected chi connectivity index (χ0v) is 16.1. The molecule has 2 aromatic rings. The Bertz CT molecular complexity index is 876. The Balaban J connectivity index is 1.55. The molecular formula is C17H20ClN3O5S. The maximum absolute atomic E-state index is 12.3. The van der Waals surface area contributed by atoms with Crippen molar-refractivity contribution in [3.63, 3.8) is 0 Å². The van der Waals surface area contributed by atoms with Gasteiger partial charge < -0.3 is 14.5 Å². The number of amides is 1. The molecule has 0 bridgehead atoms. The number of rotatable bonds is 7. The quantitative estimate of drug-likeness (QED) is 0.742. The topological polar surface area (TPSA) is 111 Å². The van der Waals surface area contributed by atoms with Crippen LogP contribution in [-0.4, -0.2) is 36.3 Å². The third kappa shape index (κ3) is 5.67. The zero-order valence-electron chi connectivity index (χ0n) is 14.6. The number of halogens is 1. The van der Waals surface area contributed by atoms with Crippen LogP contribution in [0.5, 0.6) is 5.75 Å². The van der Waals surface area contributed by atoms with E-state index in [2.05, 4.69) is 15.5 Å². The summed E-state index contributed by atoms with van der Waals surface area (Å²) >= 11 is 5.79. The van der Waals surface area contributed by atoms with Crippen LogP contribution < -0.4 is 10.1 Å². The number of aromatic nitrogens is 2. The summed E-state index contributed by atoms with van der Waals surface area (Å²) in [5.74, 6) is -0.757. The summed E-state index contributed by atoms with van der Waals surface area (Å²) in [6, 6.07) is 6.67. The van der Waals surface area contributed by atoms with Crippen LogP contribution in [0.2, 0.25) is 5.02 Å². The molecule has 3 rings (SSSR count). The Labute approximate surface area is 162 Å². The van der Waals surface area contributed by atoms with E-state index >= 15 is 0 Å². The number of benzene rings is 1. The number of ether oxygens (including phenoxy) is 1. The van der Waals surface area contributed by atoms with Gasteiger partial charge in [0.2, 0.25) is 15.7 Å². The highest BCUT2D eigenvalue weighted by Gasteiger charge is 2.27. The van der Waals surface area contributed by atoms with Crippen LogP contribution in [0.3, 0.4) is 0 Å². The SMILES string of the molecule is O=C(CS(=O)(=O)c1nnc(COc2ccc(Cl)cc2)o1)NC1CCCCC1. The number of sulfone groups is 1. The Hall–Kier alpha value is -2.13. The number of nitrogens with zero attached hydrogens (tertiary/aromatic N) is 2. The lowest BCUT2D eigenvalue weighted by atomic mass is 9.95. The molecule has 1 aliphatic carbocycles. The molecule has 1 heterocycles. The molecule has 0 spiro atoms. The van der Waals surface area contributed by atoms with Gasteiger partial charge in [0.15, 0.2) is 6.61 Å². The van der Waals surface area contributed by atoms with Gasteiger partial charge in [0.25, 0.3) is 5.89 Å². The van der Waals surface area contributed by atoms with E-state index in [1.807, 2.05) is 0 Å². The molecule has 0 saturated heterocycles. The molecule has 1 aromatic heterocycles. The van der Waals surface area contributed by atoms with Gasteiger partial charge in [-0.15, -0.1) is 5.10 Å². The minimum absolute atomic E-state index is 0.00351. The second-order valence-corrected chi connectivity index (χ2v) is 8.67. The molecule has 1 aliphatic rings. The minimum atomic E-state index is -4.00. The van der Waals surface area contributed by atoms with Crippen molar-refractivity contribution in [2.75, 3.05) is 5.75 Å². The van der Waals surface area contributed by atoms with Crippen LogP contribution in [0.1, 0.15) is 38.0 Å². The van der Waals surface area contributed by atoms with Crippen molar-refractivity contribution >= 4 is 27.3 Å². The van der Waals surface area contributed by atoms with Crippen LogP contribution in [-0.2, 0) is 21.2 Å². The van der Waals surface area contributed by atoms with E-state index in [0.29, 0.717) is 10.8 Å². The molecule has 0 atom stereocenters. The van der Waals surface area contributed by atoms with Gasteiger partial charge in [0.1, 0.15) is 11.5 Å². The molecule has 1 aromatic carbocycles. The number of hydrogen-bond acceptors (Lipinski definition) is 7. The number of hydrogen-bond donors (Lipinski definition) is 1. The average Bonchev–Trinajstić information content (AvgIpc) is 3.12. The van der Waals surface area contributed by atoms with E-state index in [1.165, 1.54) is 0 Å². The molecule has 0 unspecified atom stereocenters. The summed E-state index contributed by atoms with van der Waals surface area (Å²) < 4.78 is 35.2.